The molecular weight excluding hydrogens is 549 g/mol. The predicted molar refractivity (Wildman–Crippen MR) is 194 cm³/mol. The zero-order chi connectivity index (χ0) is 30.3. The van der Waals surface area contributed by atoms with Gasteiger partial charge in [-0.05, 0) is 52.5 Å². The average Bonchev–Trinajstić information content (AvgIpc) is 2.89. The summed E-state index contributed by atoms with van der Waals surface area (Å²) < 4.78 is 0. The molecule has 0 aliphatic rings. The van der Waals surface area contributed by atoms with Crippen LogP contribution in [0, 0.1) is 0 Å². The van der Waals surface area contributed by atoms with Crippen LogP contribution >= 0.6 is 23.8 Å². The molecule has 0 fully saturated rings. The van der Waals surface area contributed by atoms with Gasteiger partial charge in [0.25, 0.3) is 0 Å². The molecule has 0 aliphatic carbocycles. The Balaban J connectivity index is 0.000000302. The molecule has 0 spiro atoms. The molecule has 0 unspecified atom stereocenters. The maximum Gasteiger partial charge on any atom is 0.0126 e. The number of hydrogen-bond donors (Lipinski definition) is 0. The van der Waals surface area contributed by atoms with Crippen LogP contribution in [0.5, 0.6) is 0 Å². The lowest BCUT2D eigenvalue weighted by Gasteiger charge is -2.49. The van der Waals surface area contributed by atoms with E-state index < -0.39 is 15.8 Å². The average molecular weight is 601 g/mol. The molecule has 0 N–H and O–H groups in total. The minimum Gasteiger partial charge on any atom is -0.0901 e. The van der Waals surface area contributed by atoms with E-state index in [4.69, 9.17) is 0 Å². The van der Waals surface area contributed by atoms with Crippen molar-refractivity contribution in [1.82, 2.24) is 0 Å². The summed E-state index contributed by atoms with van der Waals surface area (Å²) in [4.78, 5) is 0. The van der Waals surface area contributed by atoms with Crippen LogP contribution < -0.4 is 21.2 Å². The lowest BCUT2D eigenvalue weighted by molar-refractivity contribution is 0.644. The molecule has 0 nitrogen and oxygen atoms in total. The quantitative estimate of drug-likeness (QED) is 0.193. The standard InChI is InChI=1S/C26H24P2.C12H27P/c1-22(27(23-14-6-2-7-15-23)24-16-8-3-9-17-24)28(25-18-10-4-11-19-25)26-20-12-5-13-21-26;1-10(2,3)13(11(4,5)6)12(7,8)9/h2-22H,1H3;1-9H3. The Bertz CT molecular complexity index is 1090. The summed E-state index contributed by atoms with van der Waals surface area (Å²) in [6.07, 6.45) is 0. The molecule has 0 atom stereocenters. The first-order chi connectivity index (χ1) is 19.2. The van der Waals surface area contributed by atoms with Gasteiger partial charge in [0.15, 0.2) is 0 Å². The van der Waals surface area contributed by atoms with Crippen molar-refractivity contribution in [2.45, 2.75) is 90.1 Å². The maximum absolute atomic E-state index is 2.46. The van der Waals surface area contributed by atoms with Crippen molar-refractivity contribution in [3.05, 3.63) is 121 Å². The molecule has 41 heavy (non-hydrogen) atoms. The monoisotopic (exact) mass is 600 g/mol. The van der Waals surface area contributed by atoms with Gasteiger partial charge in [0, 0.05) is 5.40 Å². The first-order valence-electron chi connectivity index (χ1n) is 14.8. The SMILES string of the molecule is CC(C)(C)P(C(C)(C)C)C(C)(C)C.CC(P(c1ccccc1)c1ccccc1)P(c1ccccc1)c1ccccc1. The summed E-state index contributed by atoms with van der Waals surface area (Å²) in [5, 5.41) is 7.69. The van der Waals surface area contributed by atoms with Crippen LogP contribution in [0.2, 0.25) is 0 Å². The van der Waals surface area contributed by atoms with Crippen molar-refractivity contribution in [3.8, 4) is 0 Å². The lowest BCUT2D eigenvalue weighted by atomic mass is 10.2. The van der Waals surface area contributed by atoms with E-state index in [-0.39, 0.29) is 7.92 Å². The van der Waals surface area contributed by atoms with Gasteiger partial charge in [-0.1, -0.05) is 198 Å². The third-order valence-electron chi connectivity index (χ3n) is 6.90. The Hall–Kier alpha value is -1.83. The number of hydrogen-bond acceptors (Lipinski definition) is 0. The Morgan fingerprint density at radius 1 is 0.366 bits per heavy atom. The van der Waals surface area contributed by atoms with E-state index in [1.165, 1.54) is 21.2 Å². The predicted octanol–water partition coefficient (Wildman–Crippen LogP) is 10.5. The summed E-state index contributed by atoms with van der Waals surface area (Å²) >= 11 is 0. The molecule has 0 aliphatic heterocycles. The van der Waals surface area contributed by atoms with Crippen LogP contribution in [0.3, 0.4) is 0 Å². The van der Waals surface area contributed by atoms with Crippen LogP contribution in [0.4, 0.5) is 0 Å². The molecule has 0 amide bonds. The third-order valence-corrected chi connectivity index (χ3v) is 17.2. The highest BCUT2D eigenvalue weighted by molar-refractivity contribution is 7.89. The van der Waals surface area contributed by atoms with Crippen molar-refractivity contribution in [3.63, 3.8) is 0 Å². The minimum atomic E-state index is -0.470. The van der Waals surface area contributed by atoms with Gasteiger partial charge in [-0.2, -0.15) is 0 Å². The van der Waals surface area contributed by atoms with E-state index in [2.05, 4.69) is 191 Å². The van der Waals surface area contributed by atoms with Crippen LogP contribution in [0.15, 0.2) is 121 Å². The van der Waals surface area contributed by atoms with E-state index in [1.54, 1.807) is 0 Å². The Labute approximate surface area is 255 Å². The Morgan fingerprint density at radius 2 is 0.561 bits per heavy atom. The van der Waals surface area contributed by atoms with Crippen molar-refractivity contribution >= 4 is 45.0 Å². The van der Waals surface area contributed by atoms with Gasteiger partial charge in [0.1, 0.15) is 0 Å². The highest BCUT2D eigenvalue weighted by Crippen LogP contribution is 2.67. The normalized spacial score (nSPS) is 12.5. The van der Waals surface area contributed by atoms with E-state index in [1.807, 2.05) is 0 Å². The second-order valence-corrected chi connectivity index (χ2v) is 23.8. The third kappa shape index (κ3) is 9.59. The highest BCUT2D eigenvalue weighted by atomic mass is 31.2. The summed E-state index contributed by atoms with van der Waals surface area (Å²) in [5.74, 6) is 0. The summed E-state index contributed by atoms with van der Waals surface area (Å²) in [6.45, 7) is 23.9. The van der Waals surface area contributed by atoms with Gasteiger partial charge in [0.05, 0.1) is 0 Å². The summed E-state index contributed by atoms with van der Waals surface area (Å²) in [7, 11) is -0.924. The zero-order valence-electron chi connectivity index (χ0n) is 27.0. The summed E-state index contributed by atoms with van der Waals surface area (Å²) in [6, 6.07) is 44.3. The smallest absolute Gasteiger partial charge is 0.0126 e. The van der Waals surface area contributed by atoms with Gasteiger partial charge < -0.3 is 0 Å². The van der Waals surface area contributed by atoms with Crippen molar-refractivity contribution < 1.29 is 0 Å². The molecule has 218 valence electrons. The molecule has 0 saturated carbocycles. The van der Waals surface area contributed by atoms with Crippen molar-refractivity contribution in [2.75, 3.05) is 0 Å². The molecule has 4 aromatic rings. The first kappa shape index (κ1) is 33.7. The molecule has 0 heterocycles. The minimum absolute atomic E-state index is 0.0162. The van der Waals surface area contributed by atoms with Crippen molar-refractivity contribution in [2.24, 2.45) is 0 Å². The van der Waals surface area contributed by atoms with Gasteiger partial charge in [-0.15, -0.1) is 0 Å². The fourth-order valence-corrected chi connectivity index (χ4v) is 19.5. The fourth-order valence-electron chi connectivity index (χ4n) is 6.65. The van der Waals surface area contributed by atoms with Gasteiger partial charge in [0.2, 0.25) is 0 Å². The topological polar surface area (TPSA) is 0 Å². The van der Waals surface area contributed by atoms with Crippen LogP contribution in [0.1, 0.15) is 69.2 Å². The zero-order valence-corrected chi connectivity index (χ0v) is 29.6. The second kappa shape index (κ2) is 14.6. The molecule has 0 bridgehead atoms. The van der Waals surface area contributed by atoms with E-state index in [0.717, 1.165) is 0 Å². The molecule has 0 radical (unpaired) electrons. The highest BCUT2D eigenvalue weighted by Gasteiger charge is 2.41. The van der Waals surface area contributed by atoms with E-state index in [9.17, 15) is 0 Å². The summed E-state index contributed by atoms with van der Waals surface area (Å²) in [5.41, 5.74) is 0. The lowest BCUT2D eigenvalue weighted by Crippen LogP contribution is -2.34. The Kier molecular flexibility index (Phi) is 12.0. The molecule has 0 saturated heterocycles. The van der Waals surface area contributed by atoms with Gasteiger partial charge in [-0.3, -0.25) is 0 Å². The van der Waals surface area contributed by atoms with Crippen LogP contribution in [-0.2, 0) is 0 Å². The molecule has 4 aromatic carbocycles. The van der Waals surface area contributed by atoms with E-state index in [0.29, 0.717) is 20.9 Å². The van der Waals surface area contributed by atoms with Crippen molar-refractivity contribution in [1.29, 1.82) is 0 Å². The number of benzene rings is 4. The fraction of sp³-hybridized carbons (Fsp3) is 0.368. The second-order valence-electron chi connectivity index (χ2n) is 13.6. The molecule has 0 aromatic heterocycles. The largest absolute Gasteiger partial charge is 0.0901 e. The van der Waals surface area contributed by atoms with Crippen LogP contribution in [-0.4, -0.2) is 20.9 Å². The van der Waals surface area contributed by atoms with E-state index >= 15 is 0 Å². The van der Waals surface area contributed by atoms with Gasteiger partial charge >= 0.3 is 0 Å². The molecular formula is C38H51P3. The van der Waals surface area contributed by atoms with Gasteiger partial charge in [-0.25, -0.2) is 0 Å². The number of rotatable bonds is 6. The molecule has 4 rings (SSSR count). The molecule has 3 heteroatoms. The maximum atomic E-state index is 2.46. The Morgan fingerprint density at radius 3 is 0.707 bits per heavy atom. The first-order valence-corrected chi connectivity index (χ1v) is 19.0. The van der Waals surface area contributed by atoms with Crippen LogP contribution in [0.25, 0.3) is 0 Å².